The van der Waals surface area contributed by atoms with E-state index in [-0.39, 0.29) is 18.1 Å². The number of hydrogen-bond donors (Lipinski definition) is 2. The number of thiocarbonyl (C=S) groups is 1. The van der Waals surface area contributed by atoms with Gasteiger partial charge >= 0.3 is 0 Å². The van der Waals surface area contributed by atoms with Crippen molar-refractivity contribution in [3.63, 3.8) is 0 Å². The molecule has 0 saturated heterocycles. The molecule has 0 fully saturated rings. The van der Waals surface area contributed by atoms with Gasteiger partial charge in [0, 0.05) is 24.1 Å². The number of nitrogens with two attached hydrogens (primary N) is 1. The lowest BCUT2D eigenvalue weighted by atomic mass is 10.0. The predicted molar refractivity (Wildman–Crippen MR) is 70.0 cm³/mol. The molecule has 0 saturated carbocycles. The van der Waals surface area contributed by atoms with E-state index in [0.29, 0.717) is 22.7 Å². The summed E-state index contributed by atoms with van der Waals surface area (Å²) in [6, 6.07) is 7.09. The number of carbonyl (C=O) groups excluding carboxylic acids is 2. The minimum Gasteiger partial charge on any atom is -0.375 e. The van der Waals surface area contributed by atoms with E-state index < -0.39 is 0 Å². The summed E-state index contributed by atoms with van der Waals surface area (Å²) in [6.45, 7) is 1.87. The molecule has 5 heteroatoms. The number of benzene rings is 1. The van der Waals surface area contributed by atoms with Crippen molar-refractivity contribution >= 4 is 28.9 Å². The van der Waals surface area contributed by atoms with E-state index in [1.54, 1.807) is 18.2 Å². The first-order valence-corrected chi connectivity index (χ1v) is 5.59. The monoisotopic (exact) mass is 250 g/mol. The van der Waals surface area contributed by atoms with Crippen molar-refractivity contribution < 1.29 is 9.59 Å². The number of nitrogens with one attached hydrogen (secondary N) is 1. The van der Waals surface area contributed by atoms with Crippen molar-refractivity contribution in [3.05, 3.63) is 35.4 Å². The van der Waals surface area contributed by atoms with Gasteiger partial charge in [0.05, 0.1) is 0 Å². The smallest absolute Gasteiger partial charge is 0.219 e. The molecule has 0 aliphatic rings. The van der Waals surface area contributed by atoms with E-state index in [2.05, 4.69) is 5.32 Å². The van der Waals surface area contributed by atoms with Gasteiger partial charge in [-0.25, -0.2) is 0 Å². The molecule has 1 rings (SSSR count). The number of Topliss-reactive ketones (excluding diaryl/α,β-unsaturated/α-hetero) is 1. The van der Waals surface area contributed by atoms with Gasteiger partial charge in [0.2, 0.25) is 5.91 Å². The number of carbonyl (C=O) groups is 2. The summed E-state index contributed by atoms with van der Waals surface area (Å²) >= 11 is 5.16. The van der Waals surface area contributed by atoms with Gasteiger partial charge < -0.3 is 11.1 Å². The van der Waals surface area contributed by atoms with E-state index in [1.165, 1.54) is 6.92 Å². The second-order valence-corrected chi connectivity index (χ2v) is 3.98. The molecular weight excluding hydrogens is 236 g/mol. The van der Waals surface area contributed by atoms with Gasteiger partial charge in [-0.05, 0) is 6.92 Å². The molecule has 1 aromatic carbocycles. The first-order chi connectivity index (χ1) is 8.02. The fourth-order valence-electron chi connectivity index (χ4n) is 1.38. The van der Waals surface area contributed by atoms with Crippen LogP contribution in [0.25, 0.3) is 0 Å². The van der Waals surface area contributed by atoms with Gasteiger partial charge in [-0.15, -0.1) is 0 Å². The van der Waals surface area contributed by atoms with Crippen molar-refractivity contribution in [2.75, 3.05) is 6.54 Å². The number of amides is 1. The third kappa shape index (κ3) is 3.96. The Morgan fingerprint density at radius 2 is 1.88 bits per heavy atom. The fourth-order valence-corrected chi connectivity index (χ4v) is 1.66. The topological polar surface area (TPSA) is 72.2 Å². The zero-order valence-corrected chi connectivity index (χ0v) is 10.3. The molecule has 90 valence electrons. The SMILES string of the molecule is CC(=O)c1ccccc1C(=S)NCCC(N)=O. The molecule has 0 spiro atoms. The maximum atomic E-state index is 11.4. The van der Waals surface area contributed by atoms with Crippen molar-refractivity contribution in [3.8, 4) is 0 Å². The maximum Gasteiger partial charge on any atom is 0.219 e. The first-order valence-electron chi connectivity index (χ1n) is 5.19. The Kier molecular flexibility index (Phi) is 4.78. The maximum absolute atomic E-state index is 11.4. The molecule has 0 bridgehead atoms. The highest BCUT2D eigenvalue weighted by Crippen LogP contribution is 2.10. The second kappa shape index (κ2) is 6.10. The standard InChI is InChI=1S/C12H14N2O2S/c1-8(15)9-4-2-3-5-10(9)12(17)14-7-6-11(13)16/h2-5H,6-7H2,1H3,(H2,13,16)(H,14,17). The molecule has 0 radical (unpaired) electrons. The average molecular weight is 250 g/mol. The van der Waals surface area contributed by atoms with Crippen LogP contribution in [0.15, 0.2) is 24.3 Å². The van der Waals surface area contributed by atoms with Crippen molar-refractivity contribution in [1.29, 1.82) is 0 Å². The summed E-state index contributed by atoms with van der Waals surface area (Å²) in [5, 5.41) is 2.90. The van der Waals surface area contributed by atoms with Crippen LogP contribution in [0, 0.1) is 0 Å². The summed E-state index contributed by atoms with van der Waals surface area (Å²) in [5.74, 6) is -0.431. The Morgan fingerprint density at radius 3 is 2.41 bits per heavy atom. The molecule has 0 heterocycles. The minimum atomic E-state index is -0.389. The number of rotatable bonds is 5. The molecule has 0 atom stereocenters. The molecule has 1 amide bonds. The normalized spacial score (nSPS) is 9.71. The molecule has 0 aliphatic heterocycles. The van der Waals surface area contributed by atoms with Gasteiger partial charge in [-0.3, -0.25) is 9.59 Å². The first kappa shape index (κ1) is 13.3. The molecule has 0 unspecified atom stereocenters. The molecule has 4 nitrogen and oxygen atoms in total. The number of ketones is 1. The quantitative estimate of drug-likeness (QED) is 0.605. The van der Waals surface area contributed by atoms with Crippen LogP contribution in [-0.2, 0) is 4.79 Å². The highest BCUT2D eigenvalue weighted by molar-refractivity contribution is 7.80. The lowest BCUT2D eigenvalue weighted by Gasteiger charge is -2.10. The second-order valence-electron chi connectivity index (χ2n) is 3.57. The van der Waals surface area contributed by atoms with Crippen LogP contribution >= 0.6 is 12.2 Å². The van der Waals surface area contributed by atoms with E-state index in [1.807, 2.05) is 6.07 Å². The van der Waals surface area contributed by atoms with Crippen LogP contribution in [0.4, 0.5) is 0 Å². The zero-order chi connectivity index (χ0) is 12.8. The number of primary amides is 1. The van der Waals surface area contributed by atoms with E-state index in [9.17, 15) is 9.59 Å². The number of hydrogen-bond acceptors (Lipinski definition) is 3. The van der Waals surface area contributed by atoms with Gasteiger partial charge in [-0.2, -0.15) is 0 Å². The predicted octanol–water partition coefficient (Wildman–Crippen LogP) is 1.03. The Bertz CT molecular complexity index is 458. The average Bonchev–Trinajstić information content (AvgIpc) is 2.28. The lowest BCUT2D eigenvalue weighted by molar-refractivity contribution is -0.117. The van der Waals surface area contributed by atoms with E-state index in [4.69, 9.17) is 18.0 Å². The highest BCUT2D eigenvalue weighted by Gasteiger charge is 2.10. The summed E-state index contributed by atoms with van der Waals surface area (Å²) in [7, 11) is 0. The molecule has 0 aliphatic carbocycles. The Morgan fingerprint density at radius 1 is 1.29 bits per heavy atom. The third-order valence-electron chi connectivity index (χ3n) is 2.21. The van der Waals surface area contributed by atoms with Crippen LogP contribution in [0.2, 0.25) is 0 Å². The molecule has 1 aromatic rings. The van der Waals surface area contributed by atoms with Crippen LogP contribution in [-0.4, -0.2) is 23.2 Å². The van der Waals surface area contributed by atoms with Crippen molar-refractivity contribution in [2.45, 2.75) is 13.3 Å². The molecule has 0 aromatic heterocycles. The Labute approximate surface area is 105 Å². The Hall–Kier alpha value is -1.75. The van der Waals surface area contributed by atoms with Gasteiger partial charge in [0.1, 0.15) is 4.99 Å². The highest BCUT2D eigenvalue weighted by atomic mass is 32.1. The summed E-state index contributed by atoms with van der Waals surface area (Å²) in [4.78, 5) is 22.4. The van der Waals surface area contributed by atoms with Crippen LogP contribution in [0.1, 0.15) is 29.3 Å². The van der Waals surface area contributed by atoms with E-state index in [0.717, 1.165) is 0 Å². The Balaban J connectivity index is 2.75. The summed E-state index contributed by atoms with van der Waals surface area (Å²) in [5.41, 5.74) is 6.27. The van der Waals surface area contributed by atoms with Gasteiger partial charge in [-0.1, -0.05) is 36.5 Å². The third-order valence-corrected chi connectivity index (χ3v) is 2.57. The largest absolute Gasteiger partial charge is 0.375 e. The van der Waals surface area contributed by atoms with Crippen molar-refractivity contribution in [1.82, 2.24) is 5.32 Å². The molecular formula is C12H14N2O2S. The summed E-state index contributed by atoms with van der Waals surface area (Å²) in [6.07, 6.45) is 0.211. The van der Waals surface area contributed by atoms with Gasteiger partial charge in [0.25, 0.3) is 0 Å². The fraction of sp³-hybridized carbons (Fsp3) is 0.250. The van der Waals surface area contributed by atoms with Gasteiger partial charge in [0.15, 0.2) is 5.78 Å². The van der Waals surface area contributed by atoms with Crippen LogP contribution in [0.3, 0.4) is 0 Å². The molecule has 3 N–H and O–H groups in total. The van der Waals surface area contributed by atoms with E-state index >= 15 is 0 Å². The molecule has 17 heavy (non-hydrogen) atoms. The van der Waals surface area contributed by atoms with Crippen LogP contribution < -0.4 is 11.1 Å². The summed E-state index contributed by atoms with van der Waals surface area (Å²) < 4.78 is 0. The zero-order valence-electron chi connectivity index (χ0n) is 9.53. The van der Waals surface area contributed by atoms with Crippen molar-refractivity contribution in [2.24, 2.45) is 5.73 Å². The lowest BCUT2D eigenvalue weighted by Crippen LogP contribution is -2.28. The minimum absolute atomic E-state index is 0.0420. The van der Waals surface area contributed by atoms with Crippen LogP contribution in [0.5, 0.6) is 0 Å².